The SMILES string of the molecule is CCCCCCCCP(CCCCCCCC)CCCCCCCC.P.S. The first-order chi connectivity index (χ1) is 12.3. The summed E-state index contributed by atoms with van der Waals surface area (Å²) in [7, 11) is 0.366. The maximum atomic E-state index is 2.32. The van der Waals surface area contributed by atoms with Gasteiger partial charge in [0.15, 0.2) is 0 Å². The number of rotatable bonds is 21. The van der Waals surface area contributed by atoms with Crippen LogP contribution in [0.25, 0.3) is 0 Å². The van der Waals surface area contributed by atoms with E-state index < -0.39 is 0 Å². The van der Waals surface area contributed by atoms with Crippen LogP contribution in [0.3, 0.4) is 0 Å². The summed E-state index contributed by atoms with van der Waals surface area (Å²) in [5, 5.41) is 0. The molecule has 0 saturated heterocycles. The van der Waals surface area contributed by atoms with Crippen molar-refractivity contribution >= 4 is 31.3 Å². The predicted octanol–water partition coefficient (Wildman–Crippen LogP) is 9.72. The fraction of sp³-hybridized carbons (Fsp3) is 1.00. The Morgan fingerprint density at radius 1 is 0.370 bits per heavy atom. The van der Waals surface area contributed by atoms with Crippen LogP contribution >= 0.6 is 31.3 Å². The van der Waals surface area contributed by atoms with Gasteiger partial charge in [-0.3, -0.25) is 0 Å². The molecule has 3 heteroatoms. The van der Waals surface area contributed by atoms with Crippen LogP contribution in [-0.4, -0.2) is 18.5 Å². The van der Waals surface area contributed by atoms with Gasteiger partial charge < -0.3 is 0 Å². The lowest BCUT2D eigenvalue weighted by atomic mass is 10.1. The van der Waals surface area contributed by atoms with Crippen molar-refractivity contribution in [2.45, 2.75) is 136 Å². The van der Waals surface area contributed by atoms with Gasteiger partial charge in [-0.15, -0.1) is 7.92 Å². The van der Waals surface area contributed by atoms with Crippen molar-refractivity contribution in [2.24, 2.45) is 0 Å². The van der Waals surface area contributed by atoms with Gasteiger partial charge in [-0.05, 0) is 37.7 Å². The van der Waals surface area contributed by atoms with Crippen LogP contribution in [0.1, 0.15) is 136 Å². The van der Waals surface area contributed by atoms with Crippen molar-refractivity contribution < 1.29 is 0 Å². The predicted molar refractivity (Wildman–Crippen MR) is 143 cm³/mol. The lowest BCUT2D eigenvalue weighted by Gasteiger charge is -2.18. The van der Waals surface area contributed by atoms with Gasteiger partial charge in [0.1, 0.15) is 0 Å². The van der Waals surface area contributed by atoms with Gasteiger partial charge >= 0.3 is 0 Å². The molecule has 1 atom stereocenters. The van der Waals surface area contributed by atoms with E-state index in [1.165, 1.54) is 116 Å². The largest absolute Gasteiger partial charge is 0.197 e. The van der Waals surface area contributed by atoms with Gasteiger partial charge in [0.05, 0.1) is 0 Å². The fourth-order valence-corrected chi connectivity index (χ4v) is 6.37. The maximum absolute atomic E-state index is 2.32. The van der Waals surface area contributed by atoms with Crippen molar-refractivity contribution in [1.29, 1.82) is 0 Å². The molecule has 0 radical (unpaired) electrons. The molecule has 0 aliphatic heterocycles. The number of hydrogen-bond donors (Lipinski definition) is 0. The zero-order valence-electron chi connectivity index (χ0n) is 19.5. The average Bonchev–Trinajstić information content (AvgIpc) is 2.63. The van der Waals surface area contributed by atoms with E-state index in [1.54, 1.807) is 18.5 Å². The quantitative estimate of drug-likeness (QED) is 0.123. The van der Waals surface area contributed by atoms with Gasteiger partial charge in [0, 0.05) is 0 Å². The van der Waals surface area contributed by atoms with Gasteiger partial charge in [0.2, 0.25) is 0 Å². The van der Waals surface area contributed by atoms with Crippen molar-refractivity contribution in [3.8, 4) is 0 Å². The molecule has 27 heavy (non-hydrogen) atoms. The summed E-state index contributed by atoms with van der Waals surface area (Å²) in [6, 6.07) is 0. The Hall–Kier alpha value is 1.21. The molecule has 0 bridgehead atoms. The van der Waals surface area contributed by atoms with Crippen LogP contribution in [0.4, 0.5) is 0 Å². The molecule has 0 spiro atoms. The summed E-state index contributed by atoms with van der Waals surface area (Å²) in [6.45, 7) is 6.96. The minimum absolute atomic E-state index is 0. The van der Waals surface area contributed by atoms with Crippen LogP contribution in [0, 0.1) is 0 Å². The second-order valence-corrected chi connectivity index (χ2v) is 10.8. The Morgan fingerprint density at radius 2 is 0.593 bits per heavy atom. The molecular weight excluding hydrogens is 382 g/mol. The Balaban J connectivity index is -0.00000288. The molecule has 0 amide bonds. The lowest BCUT2D eigenvalue weighted by molar-refractivity contribution is 0.617. The smallest absolute Gasteiger partial charge is 0.0326 e. The minimum Gasteiger partial charge on any atom is -0.197 e. The van der Waals surface area contributed by atoms with E-state index >= 15 is 0 Å². The van der Waals surface area contributed by atoms with E-state index in [-0.39, 0.29) is 23.4 Å². The first-order valence-electron chi connectivity index (χ1n) is 12.1. The van der Waals surface area contributed by atoms with Crippen molar-refractivity contribution in [1.82, 2.24) is 0 Å². The molecule has 0 aromatic heterocycles. The maximum Gasteiger partial charge on any atom is -0.0326 e. The third kappa shape index (κ3) is 27.2. The summed E-state index contributed by atoms with van der Waals surface area (Å²) >= 11 is 0. The highest BCUT2D eigenvalue weighted by Gasteiger charge is 2.07. The fourth-order valence-electron chi connectivity index (χ4n) is 3.68. The zero-order valence-corrected chi connectivity index (χ0v) is 22.8. The normalized spacial score (nSPS) is 10.7. The summed E-state index contributed by atoms with van der Waals surface area (Å²) in [6.07, 6.45) is 31.2. The van der Waals surface area contributed by atoms with Crippen LogP contribution in [0.15, 0.2) is 0 Å². The van der Waals surface area contributed by atoms with Crippen LogP contribution in [-0.2, 0) is 0 Å². The van der Waals surface area contributed by atoms with E-state index in [9.17, 15) is 0 Å². The van der Waals surface area contributed by atoms with Crippen LogP contribution < -0.4 is 0 Å². The summed E-state index contributed by atoms with van der Waals surface area (Å²) in [5.41, 5.74) is 0. The molecule has 0 aliphatic rings. The van der Waals surface area contributed by atoms with E-state index in [0.29, 0.717) is 7.92 Å². The average molecular weight is 439 g/mol. The van der Waals surface area contributed by atoms with Gasteiger partial charge in [0.25, 0.3) is 0 Å². The third-order valence-corrected chi connectivity index (χ3v) is 8.33. The monoisotopic (exact) mass is 438 g/mol. The summed E-state index contributed by atoms with van der Waals surface area (Å²) in [5.74, 6) is 0. The van der Waals surface area contributed by atoms with Crippen molar-refractivity contribution in [3.05, 3.63) is 0 Å². The molecular formula is C24H56P2S. The van der Waals surface area contributed by atoms with Crippen LogP contribution in [0.5, 0.6) is 0 Å². The van der Waals surface area contributed by atoms with Gasteiger partial charge in [-0.1, -0.05) is 117 Å². The molecule has 0 fully saturated rings. The Labute approximate surface area is 186 Å². The summed E-state index contributed by atoms with van der Waals surface area (Å²) < 4.78 is 0. The molecule has 0 N–H and O–H groups in total. The molecule has 168 valence electrons. The second kappa shape index (κ2) is 29.4. The van der Waals surface area contributed by atoms with E-state index in [1.807, 2.05) is 0 Å². The summed E-state index contributed by atoms with van der Waals surface area (Å²) in [4.78, 5) is 0. The first-order valence-corrected chi connectivity index (χ1v) is 14.0. The Bertz CT molecular complexity index is 198. The lowest BCUT2D eigenvalue weighted by Crippen LogP contribution is -1.97. The Morgan fingerprint density at radius 3 is 0.852 bits per heavy atom. The first kappa shape index (κ1) is 32.9. The van der Waals surface area contributed by atoms with Gasteiger partial charge in [-0.25, -0.2) is 0 Å². The number of hydrogen-bond acceptors (Lipinski definition) is 0. The van der Waals surface area contributed by atoms with E-state index in [4.69, 9.17) is 0 Å². The molecule has 0 aliphatic carbocycles. The van der Waals surface area contributed by atoms with E-state index in [2.05, 4.69) is 20.8 Å². The van der Waals surface area contributed by atoms with E-state index in [0.717, 1.165) is 0 Å². The molecule has 0 rings (SSSR count). The van der Waals surface area contributed by atoms with Crippen LogP contribution in [0.2, 0.25) is 0 Å². The molecule has 0 aromatic rings. The molecule has 0 nitrogen and oxygen atoms in total. The molecule has 0 saturated carbocycles. The second-order valence-electron chi connectivity index (χ2n) is 8.14. The molecule has 0 heterocycles. The number of unbranched alkanes of at least 4 members (excludes halogenated alkanes) is 15. The zero-order chi connectivity index (χ0) is 18.4. The highest BCUT2D eigenvalue weighted by atomic mass is 32.1. The highest BCUT2D eigenvalue weighted by Crippen LogP contribution is 2.39. The highest BCUT2D eigenvalue weighted by molar-refractivity contribution is 7.59. The topological polar surface area (TPSA) is 0 Å². The standard InChI is InChI=1S/C24H51P.H3P.H2S/c1-4-7-10-13-16-19-22-25(23-20-17-14-11-8-5-2)24-21-18-15-12-9-6-3;;/h4-24H2,1-3H3;1H3;1H2. The molecule has 1 unspecified atom stereocenters. The molecule has 0 aromatic carbocycles. The Kier molecular flexibility index (Phi) is 35.8. The minimum atomic E-state index is 0. The van der Waals surface area contributed by atoms with Gasteiger partial charge in [-0.2, -0.15) is 23.4 Å². The third-order valence-electron chi connectivity index (χ3n) is 5.48. The van der Waals surface area contributed by atoms with Crippen molar-refractivity contribution in [2.75, 3.05) is 18.5 Å². The van der Waals surface area contributed by atoms with Crippen molar-refractivity contribution in [3.63, 3.8) is 0 Å².